The molecule has 0 amide bonds. The molecule has 4 aromatic rings. The Morgan fingerprint density at radius 2 is 1.09 bits per heavy atom. The van der Waals surface area contributed by atoms with Crippen molar-refractivity contribution in [3.05, 3.63) is 115 Å². The van der Waals surface area contributed by atoms with E-state index in [2.05, 4.69) is 110 Å². The zero-order valence-electron chi connectivity index (χ0n) is 18.6. The highest BCUT2D eigenvalue weighted by Gasteiger charge is 2.31. The molecular formula is C29H28NOP. The maximum atomic E-state index is 12.2. The van der Waals surface area contributed by atoms with Crippen LogP contribution in [-0.2, 0) is 9.72 Å². The molecule has 0 aliphatic rings. The molecule has 0 saturated heterocycles. The fourth-order valence-corrected chi connectivity index (χ4v) is 4.89. The van der Waals surface area contributed by atoms with Gasteiger partial charge in [0, 0.05) is 17.1 Å². The molecule has 3 heteroatoms. The summed E-state index contributed by atoms with van der Waals surface area (Å²) in [5.41, 5.74) is 6.78. The second-order valence-electron chi connectivity index (χ2n) is 7.93. The van der Waals surface area contributed by atoms with Crippen molar-refractivity contribution in [2.24, 2.45) is 0 Å². The Morgan fingerprint density at radius 3 is 1.59 bits per heavy atom. The predicted octanol–water partition coefficient (Wildman–Crippen LogP) is 9.13. The molecule has 0 spiro atoms. The van der Waals surface area contributed by atoms with E-state index in [0.717, 1.165) is 46.6 Å². The number of anilines is 3. The van der Waals surface area contributed by atoms with Crippen LogP contribution in [-0.4, -0.2) is 0 Å². The van der Waals surface area contributed by atoms with Crippen molar-refractivity contribution >= 4 is 25.5 Å². The standard InChI is InChI=1S/C29H28NOP/c1-3-29(4-2,32-31)28-18-12-11-17-27(28)23-19-21-26(22-20-23)30(24-13-7-5-8-14-24)25-15-9-6-10-16-25/h5-22H,3-4H2,1-2H3. The molecule has 0 fully saturated rings. The molecule has 4 aromatic carbocycles. The summed E-state index contributed by atoms with van der Waals surface area (Å²) in [7, 11) is 0.180. The van der Waals surface area contributed by atoms with Gasteiger partial charge in [0.1, 0.15) is 0 Å². The van der Waals surface area contributed by atoms with Gasteiger partial charge < -0.3 is 4.90 Å². The van der Waals surface area contributed by atoms with Gasteiger partial charge in [-0.15, -0.1) is 0 Å². The number of rotatable bonds is 8. The lowest BCUT2D eigenvalue weighted by atomic mass is 9.86. The van der Waals surface area contributed by atoms with Crippen LogP contribution >= 0.6 is 8.46 Å². The van der Waals surface area contributed by atoms with Gasteiger partial charge in [-0.1, -0.05) is 86.6 Å². The highest BCUT2D eigenvalue weighted by molar-refractivity contribution is 7.25. The Bertz CT molecular complexity index is 1110. The van der Waals surface area contributed by atoms with Crippen molar-refractivity contribution in [3.63, 3.8) is 0 Å². The Morgan fingerprint density at radius 1 is 0.625 bits per heavy atom. The molecule has 0 atom stereocenters. The van der Waals surface area contributed by atoms with Crippen molar-refractivity contribution in [2.75, 3.05) is 4.90 Å². The third kappa shape index (κ3) is 4.24. The van der Waals surface area contributed by atoms with E-state index in [1.165, 1.54) is 0 Å². The van der Waals surface area contributed by atoms with Gasteiger partial charge in [0.05, 0.1) is 5.16 Å². The minimum absolute atomic E-state index is 0.180. The van der Waals surface area contributed by atoms with Crippen LogP contribution in [0.5, 0.6) is 0 Å². The highest BCUT2D eigenvalue weighted by Crippen LogP contribution is 2.46. The quantitative estimate of drug-likeness (QED) is 0.256. The van der Waals surface area contributed by atoms with E-state index in [0.29, 0.717) is 0 Å². The van der Waals surface area contributed by atoms with Gasteiger partial charge in [0.25, 0.3) is 0 Å². The molecular weight excluding hydrogens is 409 g/mol. The number of benzene rings is 4. The van der Waals surface area contributed by atoms with Crippen LogP contribution in [0.15, 0.2) is 109 Å². The molecule has 0 aromatic heterocycles. The van der Waals surface area contributed by atoms with Gasteiger partial charge in [0.2, 0.25) is 0 Å². The summed E-state index contributed by atoms with van der Waals surface area (Å²) >= 11 is 0. The average Bonchev–Trinajstić information content (AvgIpc) is 2.88. The first-order valence-corrected chi connectivity index (χ1v) is 12.0. The van der Waals surface area contributed by atoms with Gasteiger partial charge in [-0.05, 0) is 65.9 Å². The Balaban J connectivity index is 1.78. The third-order valence-corrected chi connectivity index (χ3v) is 7.46. The van der Waals surface area contributed by atoms with Crippen LogP contribution in [0.3, 0.4) is 0 Å². The van der Waals surface area contributed by atoms with Crippen molar-refractivity contribution < 1.29 is 4.57 Å². The zero-order valence-corrected chi connectivity index (χ0v) is 19.5. The topological polar surface area (TPSA) is 20.3 Å². The predicted molar refractivity (Wildman–Crippen MR) is 136 cm³/mol. The molecule has 32 heavy (non-hydrogen) atoms. The summed E-state index contributed by atoms with van der Waals surface area (Å²) in [5.74, 6) is 0. The van der Waals surface area contributed by atoms with Crippen LogP contribution in [0.25, 0.3) is 11.1 Å². The van der Waals surface area contributed by atoms with Crippen molar-refractivity contribution in [1.82, 2.24) is 0 Å². The smallest absolute Gasteiger partial charge is 0.166 e. The van der Waals surface area contributed by atoms with Gasteiger partial charge in [-0.3, -0.25) is 4.57 Å². The van der Waals surface area contributed by atoms with E-state index < -0.39 is 0 Å². The minimum Gasteiger partial charge on any atom is -0.311 e. The van der Waals surface area contributed by atoms with Crippen LogP contribution in [0, 0.1) is 0 Å². The van der Waals surface area contributed by atoms with Gasteiger partial charge in [-0.2, -0.15) is 0 Å². The Hall–Kier alpha value is -3.22. The molecule has 0 aliphatic heterocycles. The zero-order chi connectivity index (χ0) is 22.4. The molecule has 0 unspecified atom stereocenters. The average molecular weight is 438 g/mol. The van der Waals surface area contributed by atoms with Crippen molar-refractivity contribution in [1.29, 1.82) is 0 Å². The van der Waals surface area contributed by atoms with Crippen LogP contribution in [0.4, 0.5) is 17.1 Å². The lowest BCUT2D eigenvalue weighted by molar-refractivity contribution is 0.522. The summed E-state index contributed by atoms with van der Waals surface area (Å²) in [4.78, 5) is 2.26. The Labute approximate surface area is 192 Å². The van der Waals surface area contributed by atoms with Gasteiger partial charge in [0.15, 0.2) is 8.46 Å². The fraction of sp³-hybridized carbons (Fsp3) is 0.172. The van der Waals surface area contributed by atoms with E-state index in [1.807, 2.05) is 18.2 Å². The first kappa shape index (κ1) is 22.0. The lowest BCUT2D eigenvalue weighted by Crippen LogP contribution is -2.17. The molecule has 4 rings (SSSR count). The maximum Gasteiger partial charge on any atom is 0.166 e. The molecule has 160 valence electrons. The largest absolute Gasteiger partial charge is 0.311 e. The van der Waals surface area contributed by atoms with E-state index in [9.17, 15) is 4.57 Å². The van der Waals surface area contributed by atoms with Crippen LogP contribution < -0.4 is 4.90 Å². The monoisotopic (exact) mass is 437 g/mol. The van der Waals surface area contributed by atoms with E-state index in [-0.39, 0.29) is 13.6 Å². The second kappa shape index (κ2) is 9.94. The molecule has 2 nitrogen and oxygen atoms in total. The molecule has 0 saturated carbocycles. The van der Waals surface area contributed by atoms with Crippen molar-refractivity contribution in [3.8, 4) is 11.1 Å². The summed E-state index contributed by atoms with van der Waals surface area (Å²) in [6.07, 6.45) is 1.67. The number of nitrogens with zero attached hydrogens (tertiary/aromatic N) is 1. The van der Waals surface area contributed by atoms with Crippen LogP contribution in [0.1, 0.15) is 32.3 Å². The second-order valence-corrected chi connectivity index (χ2v) is 8.97. The van der Waals surface area contributed by atoms with Gasteiger partial charge in [-0.25, -0.2) is 0 Å². The van der Waals surface area contributed by atoms with Gasteiger partial charge >= 0.3 is 0 Å². The molecule has 0 bridgehead atoms. The number of hydrogen-bond donors (Lipinski definition) is 0. The minimum atomic E-state index is -0.352. The van der Waals surface area contributed by atoms with Crippen LogP contribution in [0.2, 0.25) is 0 Å². The highest BCUT2D eigenvalue weighted by atomic mass is 31.1. The SMILES string of the molecule is CCC(CC)(P=O)c1ccccc1-c1ccc(N(c2ccccc2)c2ccccc2)cc1. The fourth-order valence-electron chi connectivity index (χ4n) is 4.34. The summed E-state index contributed by atoms with van der Waals surface area (Å²) in [6, 6.07) is 37.9. The summed E-state index contributed by atoms with van der Waals surface area (Å²) < 4.78 is 12.2. The Kier molecular flexibility index (Phi) is 6.83. The number of para-hydroxylation sites is 2. The third-order valence-electron chi connectivity index (χ3n) is 6.24. The maximum absolute atomic E-state index is 12.2. The van der Waals surface area contributed by atoms with E-state index >= 15 is 0 Å². The van der Waals surface area contributed by atoms with Crippen molar-refractivity contribution in [2.45, 2.75) is 31.8 Å². The first-order valence-electron chi connectivity index (χ1n) is 11.2. The van der Waals surface area contributed by atoms with E-state index in [4.69, 9.17) is 0 Å². The first-order chi connectivity index (χ1) is 15.7. The number of hydrogen-bond acceptors (Lipinski definition) is 2. The lowest BCUT2D eigenvalue weighted by Gasteiger charge is -2.28. The summed E-state index contributed by atoms with van der Waals surface area (Å²) in [6.45, 7) is 4.23. The summed E-state index contributed by atoms with van der Waals surface area (Å²) in [5, 5.41) is -0.352. The molecule has 0 N–H and O–H groups in total. The molecule has 0 radical (unpaired) electrons. The molecule has 0 heterocycles. The van der Waals surface area contributed by atoms with E-state index in [1.54, 1.807) is 0 Å². The normalized spacial score (nSPS) is 11.4. The molecule has 0 aliphatic carbocycles.